The minimum atomic E-state index is 0.676. The molecule has 1 aliphatic rings. The van der Waals surface area contributed by atoms with Gasteiger partial charge in [-0.2, -0.15) is 5.10 Å². The second kappa shape index (κ2) is 5.93. The molecule has 6 heteroatoms. The van der Waals surface area contributed by atoms with Crippen LogP contribution in [0.2, 0.25) is 0 Å². The number of ether oxygens (including phenoxy) is 1. The van der Waals surface area contributed by atoms with Crippen molar-refractivity contribution in [3.63, 3.8) is 0 Å². The highest BCUT2D eigenvalue weighted by atomic mass is 79.9. The molecule has 106 valence electrons. The average molecular weight is 337 g/mol. The van der Waals surface area contributed by atoms with Crippen molar-refractivity contribution in [1.82, 2.24) is 20.1 Å². The highest BCUT2D eigenvalue weighted by Crippen LogP contribution is 2.26. The molecule has 1 fully saturated rings. The first-order chi connectivity index (χ1) is 9.76. The van der Waals surface area contributed by atoms with Crippen LogP contribution in [0.1, 0.15) is 24.2 Å². The molecule has 0 atom stereocenters. The predicted octanol–water partition coefficient (Wildman–Crippen LogP) is 2.35. The third-order valence-electron chi connectivity index (χ3n) is 3.37. The molecule has 1 aromatic heterocycles. The van der Waals surface area contributed by atoms with Crippen molar-refractivity contribution in [3.8, 4) is 5.75 Å². The van der Waals surface area contributed by atoms with E-state index < -0.39 is 0 Å². The van der Waals surface area contributed by atoms with Crippen molar-refractivity contribution < 1.29 is 4.74 Å². The molecule has 3 rings (SSSR count). The monoisotopic (exact) mass is 336 g/mol. The first-order valence-corrected chi connectivity index (χ1v) is 7.48. The summed E-state index contributed by atoms with van der Waals surface area (Å²) in [6.45, 7) is 1.49. The Balaban J connectivity index is 1.70. The minimum absolute atomic E-state index is 0.676. The third-order valence-corrected chi connectivity index (χ3v) is 3.99. The molecule has 0 unspecified atom stereocenters. The zero-order chi connectivity index (χ0) is 13.9. The Bertz CT molecular complexity index is 595. The molecule has 1 aromatic carbocycles. The topological polar surface area (TPSA) is 52.0 Å². The van der Waals surface area contributed by atoms with E-state index in [0.29, 0.717) is 12.6 Å². The van der Waals surface area contributed by atoms with Gasteiger partial charge in [-0.15, -0.1) is 0 Å². The van der Waals surface area contributed by atoms with E-state index in [9.17, 15) is 0 Å². The summed E-state index contributed by atoms with van der Waals surface area (Å²) in [6.07, 6.45) is 4.17. The Morgan fingerprint density at radius 3 is 3.00 bits per heavy atom. The van der Waals surface area contributed by atoms with E-state index in [0.717, 1.165) is 28.2 Å². The fraction of sp³-hybridized carbons (Fsp3) is 0.429. The molecule has 0 amide bonds. The van der Waals surface area contributed by atoms with E-state index >= 15 is 0 Å². The Kier molecular flexibility index (Phi) is 4.03. The van der Waals surface area contributed by atoms with Gasteiger partial charge >= 0.3 is 0 Å². The minimum Gasteiger partial charge on any atom is -0.496 e. The average Bonchev–Trinajstić information content (AvgIpc) is 3.17. The van der Waals surface area contributed by atoms with Gasteiger partial charge in [0.1, 0.15) is 17.9 Å². The number of nitrogens with zero attached hydrogens (tertiary/aromatic N) is 3. The molecule has 1 heterocycles. The number of hydrogen-bond acceptors (Lipinski definition) is 4. The molecule has 20 heavy (non-hydrogen) atoms. The van der Waals surface area contributed by atoms with Gasteiger partial charge in [0.15, 0.2) is 0 Å². The molecule has 0 saturated heterocycles. The molecule has 0 aliphatic heterocycles. The lowest BCUT2D eigenvalue weighted by molar-refractivity contribution is 0.412. The molecule has 0 radical (unpaired) electrons. The van der Waals surface area contributed by atoms with Crippen LogP contribution in [-0.4, -0.2) is 27.9 Å². The summed E-state index contributed by atoms with van der Waals surface area (Å²) >= 11 is 3.51. The Morgan fingerprint density at radius 2 is 2.30 bits per heavy atom. The largest absolute Gasteiger partial charge is 0.496 e. The number of methoxy groups -OCH3 is 1. The lowest BCUT2D eigenvalue weighted by atomic mass is 10.2. The lowest BCUT2D eigenvalue weighted by Crippen LogP contribution is -2.19. The maximum Gasteiger partial charge on any atom is 0.141 e. The summed E-state index contributed by atoms with van der Waals surface area (Å²) in [5.41, 5.74) is 1.16. The zero-order valence-electron chi connectivity index (χ0n) is 11.3. The third kappa shape index (κ3) is 3.19. The summed E-state index contributed by atoms with van der Waals surface area (Å²) in [7, 11) is 1.67. The van der Waals surface area contributed by atoms with Crippen LogP contribution in [0, 0.1) is 0 Å². The molecule has 0 spiro atoms. The molecule has 1 N–H and O–H groups in total. The number of halogens is 1. The van der Waals surface area contributed by atoms with Crippen molar-refractivity contribution in [2.45, 2.75) is 32.0 Å². The second-order valence-corrected chi connectivity index (χ2v) is 5.81. The SMILES string of the molecule is COc1ccc(Cn2ncnc2CNC2CC2)cc1Br. The van der Waals surface area contributed by atoms with Gasteiger partial charge in [-0.3, -0.25) is 0 Å². The zero-order valence-corrected chi connectivity index (χ0v) is 12.9. The fourth-order valence-electron chi connectivity index (χ4n) is 2.06. The van der Waals surface area contributed by atoms with E-state index in [1.54, 1.807) is 13.4 Å². The van der Waals surface area contributed by atoms with Gasteiger partial charge in [-0.05, 0) is 46.5 Å². The summed E-state index contributed by atoms with van der Waals surface area (Å²) in [4.78, 5) is 4.32. The number of aromatic nitrogens is 3. The quantitative estimate of drug-likeness (QED) is 0.879. The van der Waals surface area contributed by atoms with Crippen LogP contribution in [-0.2, 0) is 13.1 Å². The molecule has 5 nitrogen and oxygen atoms in total. The number of benzene rings is 1. The first-order valence-electron chi connectivity index (χ1n) is 6.69. The molecule has 2 aromatic rings. The first kappa shape index (κ1) is 13.6. The maximum atomic E-state index is 5.24. The van der Waals surface area contributed by atoms with E-state index in [-0.39, 0.29) is 0 Å². The molecule has 1 saturated carbocycles. The molecular formula is C14H17BrN4O. The van der Waals surface area contributed by atoms with Gasteiger partial charge in [0, 0.05) is 6.04 Å². The van der Waals surface area contributed by atoms with Crippen LogP contribution in [0.15, 0.2) is 29.0 Å². The summed E-state index contributed by atoms with van der Waals surface area (Å²) in [5.74, 6) is 1.81. The van der Waals surface area contributed by atoms with Crippen LogP contribution in [0.4, 0.5) is 0 Å². The van der Waals surface area contributed by atoms with E-state index in [1.165, 1.54) is 12.8 Å². The van der Waals surface area contributed by atoms with Gasteiger partial charge in [0.2, 0.25) is 0 Å². The van der Waals surface area contributed by atoms with Crippen LogP contribution >= 0.6 is 15.9 Å². The summed E-state index contributed by atoms with van der Waals surface area (Å²) < 4.78 is 8.13. The smallest absolute Gasteiger partial charge is 0.141 e. The molecular weight excluding hydrogens is 320 g/mol. The standard InChI is InChI=1S/C14H17BrN4O/c1-20-13-5-2-10(6-12(13)15)8-19-14(17-9-18-19)7-16-11-3-4-11/h2,5-6,9,11,16H,3-4,7-8H2,1H3. The van der Waals surface area contributed by atoms with Crippen molar-refractivity contribution in [2.24, 2.45) is 0 Å². The summed E-state index contributed by atoms with van der Waals surface area (Å²) in [5, 5.41) is 7.76. The number of nitrogens with one attached hydrogen (secondary N) is 1. The Labute approximate surface area is 126 Å². The fourth-order valence-corrected chi connectivity index (χ4v) is 2.65. The number of rotatable bonds is 6. The number of hydrogen-bond donors (Lipinski definition) is 1. The van der Waals surface area contributed by atoms with E-state index in [4.69, 9.17) is 4.74 Å². The van der Waals surface area contributed by atoms with Crippen LogP contribution in [0.25, 0.3) is 0 Å². The normalized spacial score (nSPS) is 14.5. The predicted molar refractivity (Wildman–Crippen MR) is 79.7 cm³/mol. The molecule has 1 aliphatic carbocycles. The summed E-state index contributed by atoms with van der Waals surface area (Å²) in [6, 6.07) is 6.73. The lowest BCUT2D eigenvalue weighted by Gasteiger charge is -2.09. The van der Waals surface area contributed by atoms with Gasteiger partial charge in [0.05, 0.1) is 24.7 Å². The van der Waals surface area contributed by atoms with Crippen LogP contribution in [0.3, 0.4) is 0 Å². The van der Waals surface area contributed by atoms with Crippen LogP contribution < -0.4 is 10.1 Å². The van der Waals surface area contributed by atoms with Crippen molar-refractivity contribution in [3.05, 3.63) is 40.4 Å². The van der Waals surface area contributed by atoms with E-state index in [1.807, 2.05) is 16.8 Å². The van der Waals surface area contributed by atoms with Crippen molar-refractivity contribution in [2.75, 3.05) is 7.11 Å². The van der Waals surface area contributed by atoms with Gasteiger partial charge < -0.3 is 10.1 Å². The Morgan fingerprint density at radius 1 is 1.45 bits per heavy atom. The Hall–Kier alpha value is -1.40. The molecule has 0 bridgehead atoms. The second-order valence-electron chi connectivity index (χ2n) is 4.96. The van der Waals surface area contributed by atoms with Crippen molar-refractivity contribution in [1.29, 1.82) is 0 Å². The highest BCUT2D eigenvalue weighted by molar-refractivity contribution is 9.10. The highest BCUT2D eigenvalue weighted by Gasteiger charge is 2.21. The van der Waals surface area contributed by atoms with Gasteiger partial charge in [-0.25, -0.2) is 9.67 Å². The van der Waals surface area contributed by atoms with Crippen molar-refractivity contribution >= 4 is 15.9 Å². The van der Waals surface area contributed by atoms with Crippen LogP contribution in [0.5, 0.6) is 5.75 Å². The van der Waals surface area contributed by atoms with Gasteiger partial charge in [0.25, 0.3) is 0 Å². The van der Waals surface area contributed by atoms with Gasteiger partial charge in [-0.1, -0.05) is 6.07 Å². The van der Waals surface area contributed by atoms with E-state index in [2.05, 4.69) is 37.4 Å². The maximum absolute atomic E-state index is 5.24.